The second-order valence-electron chi connectivity index (χ2n) is 6.87. The maximum atomic E-state index is 12.8. The maximum absolute atomic E-state index is 12.8. The summed E-state index contributed by atoms with van der Waals surface area (Å²) >= 11 is 12.1. The van der Waals surface area contributed by atoms with Gasteiger partial charge in [-0.2, -0.15) is 0 Å². The number of aryl methyl sites for hydroxylation is 1. The van der Waals surface area contributed by atoms with E-state index in [1.807, 2.05) is 11.1 Å². The highest BCUT2D eigenvalue weighted by Gasteiger charge is 2.22. The quantitative estimate of drug-likeness (QED) is 0.773. The van der Waals surface area contributed by atoms with E-state index in [4.69, 9.17) is 23.2 Å². The van der Waals surface area contributed by atoms with Crippen LogP contribution < -0.4 is 15.8 Å². The largest absolute Gasteiger partial charge is 0.335 e. The van der Waals surface area contributed by atoms with Gasteiger partial charge in [0, 0.05) is 45.2 Å². The van der Waals surface area contributed by atoms with Crippen LogP contribution in [0.25, 0.3) is 0 Å². The van der Waals surface area contributed by atoms with Crippen LogP contribution in [0.4, 0.5) is 11.5 Å². The molecule has 8 nitrogen and oxygen atoms in total. The molecule has 29 heavy (non-hydrogen) atoms. The number of rotatable bonds is 3. The molecule has 0 radical (unpaired) electrons. The summed E-state index contributed by atoms with van der Waals surface area (Å²) in [6.45, 7) is 5.42. The number of nitrogens with zero attached hydrogens (tertiary/aromatic N) is 5. The van der Waals surface area contributed by atoms with Crippen LogP contribution in [0.5, 0.6) is 0 Å². The molecule has 1 aromatic carbocycles. The van der Waals surface area contributed by atoms with Gasteiger partial charge in [-0.1, -0.05) is 23.2 Å². The molecule has 2 aliphatic rings. The van der Waals surface area contributed by atoms with Gasteiger partial charge in [0.15, 0.2) is 5.82 Å². The average Bonchev–Trinajstić information content (AvgIpc) is 3.18. The number of piperazine rings is 1. The monoisotopic (exact) mass is 433 g/mol. The highest BCUT2D eigenvalue weighted by molar-refractivity contribution is 6.42. The van der Waals surface area contributed by atoms with Gasteiger partial charge in [0.1, 0.15) is 17.4 Å². The summed E-state index contributed by atoms with van der Waals surface area (Å²) in [5.41, 5.74) is 4.53. The lowest BCUT2D eigenvalue weighted by Gasteiger charge is -2.27. The predicted octanol–water partition coefficient (Wildman–Crippen LogP) is 2.58. The fourth-order valence-corrected chi connectivity index (χ4v) is 3.59. The fourth-order valence-electron chi connectivity index (χ4n) is 3.30. The van der Waals surface area contributed by atoms with Crippen LogP contribution in [-0.4, -0.2) is 59.3 Å². The molecule has 2 aliphatic heterocycles. The first-order valence-electron chi connectivity index (χ1n) is 9.42. The van der Waals surface area contributed by atoms with Gasteiger partial charge in [-0.15, -0.1) is 0 Å². The van der Waals surface area contributed by atoms with Gasteiger partial charge in [-0.05, 0) is 25.1 Å². The summed E-state index contributed by atoms with van der Waals surface area (Å²) in [4.78, 5) is 27.8. The second-order valence-corrected chi connectivity index (χ2v) is 7.69. The Morgan fingerprint density at radius 2 is 1.90 bits per heavy atom. The topological polar surface area (TPSA) is 85.8 Å². The minimum absolute atomic E-state index is 0.0877. The Morgan fingerprint density at radius 1 is 1.10 bits per heavy atom. The average molecular weight is 434 g/mol. The highest BCUT2D eigenvalue weighted by atomic mass is 35.5. The Hall–Kier alpha value is -2.42. The van der Waals surface area contributed by atoms with Crippen LogP contribution in [0.15, 0.2) is 29.3 Å². The van der Waals surface area contributed by atoms with E-state index in [1.54, 1.807) is 30.0 Å². The molecule has 1 amide bonds. The molecule has 3 heterocycles. The summed E-state index contributed by atoms with van der Waals surface area (Å²) in [7, 11) is 0. The number of amidine groups is 1. The molecule has 2 aromatic rings. The molecular formula is C19H21Cl2N7O. The summed E-state index contributed by atoms with van der Waals surface area (Å²) in [6.07, 6.45) is 0.713. The number of carbonyl (C=O) groups excluding carboxylic acids is 1. The van der Waals surface area contributed by atoms with E-state index < -0.39 is 0 Å². The number of hydrogen-bond donors (Lipinski definition) is 2. The maximum Gasteiger partial charge on any atom is 0.272 e. The number of nitrogens with one attached hydrogen (secondary N) is 2. The first kappa shape index (κ1) is 19.9. The molecular weight excluding hydrogens is 413 g/mol. The smallest absolute Gasteiger partial charge is 0.272 e. The van der Waals surface area contributed by atoms with Gasteiger partial charge in [0.25, 0.3) is 5.91 Å². The van der Waals surface area contributed by atoms with E-state index in [1.165, 1.54) is 0 Å². The minimum Gasteiger partial charge on any atom is -0.335 e. The van der Waals surface area contributed by atoms with Crippen molar-refractivity contribution in [1.82, 2.24) is 25.6 Å². The lowest BCUT2D eigenvalue weighted by molar-refractivity contribution is 0.0729. The second kappa shape index (κ2) is 8.52. The first-order valence-corrected chi connectivity index (χ1v) is 10.2. The summed E-state index contributed by atoms with van der Waals surface area (Å²) in [5.74, 6) is 1.66. The van der Waals surface area contributed by atoms with Gasteiger partial charge < -0.3 is 10.2 Å². The summed E-state index contributed by atoms with van der Waals surface area (Å²) < 4.78 is 0. The Kier molecular flexibility index (Phi) is 5.84. The Bertz CT molecular complexity index is 960. The van der Waals surface area contributed by atoms with Crippen molar-refractivity contribution in [3.8, 4) is 0 Å². The van der Waals surface area contributed by atoms with Crippen molar-refractivity contribution in [2.24, 2.45) is 4.99 Å². The number of carbonyl (C=O) groups is 1. The van der Waals surface area contributed by atoms with E-state index in [0.29, 0.717) is 46.9 Å². The molecule has 4 rings (SSSR count). The predicted molar refractivity (Wildman–Crippen MR) is 114 cm³/mol. The molecule has 0 spiro atoms. The van der Waals surface area contributed by atoms with Crippen LogP contribution in [0.3, 0.4) is 0 Å². The van der Waals surface area contributed by atoms with Crippen LogP contribution in [0, 0.1) is 6.92 Å². The number of halogens is 2. The SMILES string of the molecule is Cc1nc(N=C2CCN(c3ccc(Cl)c(Cl)c3)N2)cc(C(=O)N2CCNCC2)n1. The number of hydrogen-bond acceptors (Lipinski definition) is 6. The lowest BCUT2D eigenvalue weighted by atomic mass is 10.3. The number of amides is 1. The molecule has 0 bridgehead atoms. The first-order chi connectivity index (χ1) is 14.0. The molecule has 10 heteroatoms. The van der Waals surface area contributed by atoms with E-state index in [9.17, 15) is 4.79 Å². The molecule has 2 saturated heterocycles. The van der Waals surface area contributed by atoms with Crippen LogP contribution in [-0.2, 0) is 0 Å². The van der Waals surface area contributed by atoms with Crippen molar-refractivity contribution >= 4 is 46.4 Å². The van der Waals surface area contributed by atoms with Gasteiger partial charge in [0.05, 0.1) is 15.7 Å². The number of anilines is 1. The Balaban J connectivity index is 1.51. The number of benzene rings is 1. The van der Waals surface area contributed by atoms with E-state index in [-0.39, 0.29) is 5.91 Å². The molecule has 2 fully saturated rings. The molecule has 0 aliphatic carbocycles. The highest BCUT2D eigenvalue weighted by Crippen LogP contribution is 2.27. The zero-order chi connectivity index (χ0) is 20.4. The van der Waals surface area contributed by atoms with Gasteiger partial charge >= 0.3 is 0 Å². The number of hydrazine groups is 1. The normalized spacial score (nSPS) is 18.2. The van der Waals surface area contributed by atoms with E-state index in [0.717, 1.165) is 31.2 Å². The van der Waals surface area contributed by atoms with Crippen LogP contribution >= 0.6 is 23.2 Å². The van der Waals surface area contributed by atoms with Crippen molar-refractivity contribution in [2.45, 2.75) is 13.3 Å². The third-order valence-corrected chi connectivity index (χ3v) is 5.49. The molecule has 1 aromatic heterocycles. The van der Waals surface area contributed by atoms with Crippen LogP contribution in [0.1, 0.15) is 22.7 Å². The van der Waals surface area contributed by atoms with Crippen molar-refractivity contribution < 1.29 is 4.79 Å². The molecule has 0 atom stereocenters. The third kappa shape index (κ3) is 4.60. The summed E-state index contributed by atoms with van der Waals surface area (Å²) in [6, 6.07) is 7.10. The third-order valence-electron chi connectivity index (χ3n) is 4.75. The molecule has 0 saturated carbocycles. The van der Waals surface area contributed by atoms with E-state index in [2.05, 4.69) is 25.7 Å². The van der Waals surface area contributed by atoms with Gasteiger partial charge in [-0.3, -0.25) is 15.2 Å². The Morgan fingerprint density at radius 3 is 2.66 bits per heavy atom. The van der Waals surface area contributed by atoms with Crippen molar-refractivity contribution in [3.05, 3.63) is 45.8 Å². The van der Waals surface area contributed by atoms with Crippen molar-refractivity contribution in [1.29, 1.82) is 0 Å². The number of aliphatic imine (C=N–C) groups is 1. The summed E-state index contributed by atoms with van der Waals surface area (Å²) in [5, 5.41) is 6.20. The zero-order valence-electron chi connectivity index (χ0n) is 16.0. The van der Waals surface area contributed by atoms with Gasteiger partial charge in [-0.25, -0.2) is 15.0 Å². The van der Waals surface area contributed by atoms with Gasteiger partial charge in [0.2, 0.25) is 0 Å². The molecule has 2 N–H and O–H groups in total. The number of aromatic nitrogens is 2. The van der Waals surface area contributed by atoms with Crippen molar-refractivity contribution in [3.63, 3.8) is 0 Å². The standard InChI is InChI=1S/C19H21Cl2N7O/c1-12-23-16(19(29)27-8-5-22-6-9-27)11-18(24-12)25-17-4-7-28(26-17)13-2-3-14(20)15(21)10-13/h2-3,10-11,22H,4-9H2,1H3,(H,23,24,25,26). The molecule has 0 unspecified atom stereocenters. The van der Waals surface area contributed by atoms with Crippen LogP contribution in [0.2, 0.25) is 10.0 Å². The fraction of sp³-hybridized carbons (Fsp3) is 0.368. The minimum atomic E-state index is -0.0877. The zero-order valence-corrected chi connectivity index (χ0v) is 17.5. The lowest BCUT2D eigenvalue weighted by Crippen LogP contribution is -2.46. The Labute approximate surface area is 178 Å². The van der Waals surface area contributed by atoms with Crippen molar-refractivity contribution in [2.75, 3.05) is 37.7 Å². The molecule has 152 valence electrons. The van der Waals surface area contributed by atoms with E-state index >= 15 is 0 Å².